The van der Waals surface area contributed by atoms with Crippen molar-refractivity contribution in [3.8, 4) is 5.75 Å². The monoisotopic (exact) mass is 309 g/mol. The minimum atomic E-state index is -0.000246. The third-order valence-electron chi connectivity index (χ3n) is 3.76. The summed E-state index contributed by atoms with van der Waals surface area (Å²) in [7, 11) is 1.61. The van der Waals surface area contributed by atoms with Crippen molar-refractivity contribution in [2.75, 3.05) is 13.7 Å². The van der Waals surface area contributed by atoms with Gasteiger partial charge in [-0.2, -0.15) is 0 Å². The molecule has 0 aliphatic rings. The molecule has 2 aromatic rings. The van der Waals surface area contributed by atoms with Crippen LogP contribution in [-0.4, -0.2) is 30.5 Å². The van der Waals surface area contributed by atoms with Gasteiger partial charge in [0.15, 0.2) is 0 Å². The van der Waals surface area contributed by atoms with Gasteiger partial charge in [0.2, 0.25) is 0 Å². The first-order valence-corrected chi connectivity index (χ1v) is 7.71. The summed E-state index contributed by atoms with van der Waals surface area (Å²) in [5, 5.41) is 0. The van der Waals surface area contributed by atoms with Crippen LogP contribution in [0.2, 0.25) is 0 Å². The summed E-state index contributed by atoms with van der Waals surface area (Å²) < 4.78 is 5.14. The lowest BCUT2D eigenvalue weighted by Crippen LogP contribution is -2.38. The number of carbonyl (C=O) groups excluding carboxylic acids is 1. The number of hydrogen-bond donors (Lipinski definition) is 0. The molecule has 1 amide bonds. The minimum absolute atomic E-state index is 0.000246. The lowest BCUT2D eigenvalue weighted by molar-refractivity contribution is 0.0732. The number of carbonyl (C=O) groups is 1. The second kappa shape index (κ2) is 7.63. The Labute approximate surface area is 138 Å². The van der Waals surface area contributed by atoms with Crippen LogP contribution in [0.4, 0.5) is 0 Å². The topological polar surface area (TPSA) is 29.5 Å². The van der Waals surface area contributed by atoms with Gasteiger partial charge in [0.05, 0.1) is 7.11 Å². The summed E-state index contributed by atoms with van der Waals surface area (Å²) in [6.07, 6.45) is 0. The standard InChI is InChI=1S/C20H23NO2/c1-15(2)21(14-16(3)17-8-6-5-7-9-17)20(22)18-10-12-19(23-4)13-11-18/h5-13,15H,3,14H2,1-2,4H3. The molecule has 0 radical (unpaired) electrons. The number of ether oxygens (including phenoxy) is 1. The van der Waals surface area contributed by atoms with Gasteiger partial charge in [0.25, 0.3) is 5.91 Å². The summed E-state index contributed by atoms with van der Waals surface area (Å²) in [5.41, 5.74) is 2.64. The fourth-order valence-corrected chi connectivity index (χ4v) is 2.36. The van der Waals surface area contributed by atoms with Crippen molar-refractivity contribution in [1.29, 1.82) is 0 Å². The Morgan fingerprint density at radius 3 is 2.17 bits per heavy atom. The smallest absolute Gasteiger partial charge is 0.254 e. The molecular formula is C20H23NO2. The minimum Gasteiger partial charge on any atom is -0.497 e. The van der Waals surface area contributed by atoms with Crippen molar-refractivity contribution in [3.63, 3.8) is 0 Å². The van der Waals surface area contributed by atoms with Crippen molar-refractivity contribution in [1.82, 2.24) is 4.90 Å². The molecule has 0 N–H and O–H groups in total. The van der Waals surface area contributed by atoms with Crippen molar-refractivity contribution >= 4 is 11.5 Å². The van der Waals surface area contributed by atoms with Gasteiger partial charge in [-0.05, 0) is 49.2 Å². The van der Waals surface area contributed by atoms with E-state index in [9.17, 15) is 4.79 Å². The maximum Gasteiger partial charge on any atom is 0.254 e. The molecule has 0 fully saturated rings. The van der Waals surface area contributed by atoms with Crippen LogP contribution in [0.3, 0.4) is 0 Å². The largest absolute Gasteiger partial charge is 0.497 e. The second-order valence-corrected chi connectivity index (χ2v) is 5.72. The fourth-order valence-electron chi connectivity index (χ4n) is 2.36. The van der Waals surface area contributed by atoms with E-state index < -0.39 is 0 Å². The molecule has 0 atom stereocenters. The number of nitrogens with zero attached hydrogens (tertiary/aromatic N) is 1. The second-order valence-electron chi connectivity index (χ2n) is 5.72. The van der Waals surface area contributed by atoms with E-state index in [1.807, 2.05) is 49.1 Å². The van der Waals surface area contributed by atoms with Crippen molar-refractivity contribution < 1.29 is 9.53 Å². The van der Waals surface area contributed by atoms with Gasteiger partial charge >= 0.3 is 0 Å². The Kier molecular flexibility index (Phi) is 5.58. The molecule has 2 aromatic carbocycles. The third kappa shape index (κ3) is 4.22. The Balaban J connectivity index is 2.17. The van der Waals surface area contributed by atoms with Crippen LogP contribution >= 0.6 is 0 Å². The maximum atomic E-state index is 12.8. The van der Waals surface area contributed by atoms with E-state index in [4.69, 9.17) is 4.74 Å². The molecule has 0 spiro atoms. The highest BCUT2D eigenvalue weighted by Crippen LogP contribution is 2.18. The maximum absolute atomic E-state index is 12.8. The van der Waals surface area contributed by atoms with Gasteiger partial charge in [-0.1, -0.05) is 36.9 Å². The molecule has 0 aromatic heterocycles. The van der Waals surface area contributed by atoms with E-state index in [1.165, 1.54) is 0 Å². The van der Waals surface area contributed by atoms with Crippen molar-refractivity contribution in [2.24, 2.45) is 0 Å². The number of benzene rings is 2. The highest BCUT2D eigenvalue weighted by Gasteiger charge is 2.20. The van der Waals surface area contributed by atoms with E-state index >= 15 is 0 Å². The average molecular weight is 309 g/mol. The number of hydrogen-bond acceptors (Lipinski definition) is 2. The number of rotatable bonds is 6. The predicted octanol–water partition coefficient (Wildman–Crippen LogP) is 4.26. The Morgan fingerprint density at radius 1 is 1.04 bits per heavy atom. The van der Waals surface area contributed by atoms with Crippen LogP contribution in [0, 0.1) is 0 Å². The van der Waals surface area contributed by atoms with Crippen LogP contribution in [-0.2, 0) is 0 Å². The first-order chi connectivity index (χ1) is 11.0. The van der Waals surface area contributed by atoms with Gasteiger partial charge < -0.3 is 9.64 Å². The lowest BCUT2D eigenvalue weighted by Gasteiger charge is -2.28. The van der Waals surface area contributed by atoms with Crippen LogP contribution in [0.1, 0.15) is 29.8 Å². The highest BCUT2D eigenvalue weighted by molar-refractivity contribution is 5.95. The van der Waals surface area contributed by atoms with Gasteiger partial charge in [-0.25, -0.2) is 0 Å². The summed E-state index contributed by atoms with van der Waals surface area (Å²) in [4.78, 5) is 14.6. The Bertz CT molecular complexity index is 660. The molecule has 0 bridgehead atoms. The zero-order valence-corrected chi connectivity index (χ0v) is 14.0. The first-order valence-electron chi connectivity index (χ1n) is 7.71. The van der Waals surface area contributed by atoms with E-state index in [0.29, 0.717) is 12.1 Å². The third-order valence-corrected chi connectivity index (χ3v) is 3.76. The average Bonchev–Trinajstić information content (AvgIpc) is 2.59. The lowest BCUT2D eigenvalue weighted by atomic mass is 10.1. The SMILES string of the molecule is C=C(CN(C(=O)c1ccc(OC)cc1)C(C)C)c1ccccc1. The van der Waals surface area contributed by atoms with Crippen molar-refractivity contribution in [3.05, 3.63) is 72.3 Å². The van der Waals surface area contributed by atoms with Crippen LogP contribution < -0.4 is 4.74 Å². The summed E-state index contributed by atoms with van der Waals surface area (Å²) in [6.45, 7) is 8.67. The normalized spacial score (nSPS) is 10.4. The molecule has 3 heteroatoms. The highest BCUT2D eigenvalue weighted by atomic mass is 16.5. The van der Waals surface area contributed by atoms with Gasteiger partial charge in [0, 0.05) is 18.2 Å². The molecule has 0 saturated heterocycles. The van der Waals surface area contributed by atoms with E-state index in [2.05, 4.69) is 6.58 Å². The van der Waals surface area contributed by atoms with Gasteiger partial charge in [-0.3, -0.25) is 4.79 Å². The summed E-state index contributed by atoms with van der Waals surface area (Å²) in [6, 6.07) is 17.2. The molecular weight excluding hydrogens is 286 g/mol. The van der Waals surface area contributed by atoms with Crippen LogP contribution in [0.25, 0.3) is 5.57 Å². The molecule has 2 rings (SSSR count). The summed E-state index contributed by atoms with van der Waals surface area (Å²) in [5.74, 6) is 0.742. The number of methoxy groups -OCH3 is 1. The Hall–Kier alpha value is -2.55. The summed E-state index contributed by atoms with van der Waals surface area (Å²) >= 11 is 0. The van der Waals surface area contributed by atoms with Gasteiger partial charge in [-0.15, -0.1) is 0 Å². The van der Waals surface area contributed by atoms with Crippen LogP contribution in [0.5, 0.6) is 5.75 Å². The van der Waals surface area contributed by atoms with Gasteiger partial charge in [0.1, 0.15) is 5.75 Å². The van der Waals surface area contributed by atoms with Crippen molar-refractivity contribution in [2.45, 2.75) is 19.9 Å². The molecule has 23 heavy (non-hydrogen) atoms. The number of amides is 1. The zero-order valence-electron chi connectivity index (χ0n) is 14.0. The molecule has 0 saturated carbocycles. The molecule has 0 aliphatic heterocycles. The molecule has 3 nitrogen and oxygen atoms in total. The predicted molar refractivity (Wildman–Crippen MR) is 94.6 cm³/mol. The Morgan fingerprint density at radius 2 is 1.65 bits per heavy atom. The zero-order chi connectivity index (χ0) is 16.8. The molecule has 120 valence electrons. The molecule has 0 unspecified atom stereocenters. The van der Waals surface area contributed by atoms with E-state index in [-0.39, 0.29) is 11.9 Å². The quantitative estimate of drug-likeness (QED) is 0.798. The first kappa shape index (κ1) is 16.8. The molecule has 0 aliphatic carbocycles. The van der Waals surface area contributed by atoms with Crippen LogP contribution in [0.15, 0.2) is 61.2 Å². The fraction of sp³-hybridized carbons (Fsp3) is 0.250. The van der Waals surface area contributed by atoms with E-state index in [0.717, 1.165) is 16.9 Å². The molecule has 0 heterocycles. The van der Waals surface area contributed by atoms with E-state index in [1.54, 1.807) is 31.4 Å².